The molecule has 2 aromatic heterocycles. The van der Waals surface area contributed by atoms with Gasteiger partial charge in [0.2, 0.25) is 10.0 Å². The van der Waals surface area contributed by atoms with Crippen LogP contribution in [0.4, 0.5) is 5.69 Å². The third kappa shape index (κ3) is 5.26. The summed E-state index contributed by atoms with van der Waals surface area (Å²) in [7, 11) is -1.93. The Kier molecular flexibility index (Phi) is 6.44. The number of primary sulfonamides is 1. The summed E-state index contributed by atoms with van der Waals surface area (Å²) >= 11 is 0. The molecular weight excluding hydrogens is 452 g/mol. The highest BCUT2D eigenvalue weighted by Gasteiger charge is 2.25. The van der Waals surface area contributed by atoms with E-state index < -0.39 is 10.0 Å². The quantitative estimate of drug-likeness (QED) is 0.554. The van der Waals surface area contributed by atoms with Crippen molar-refractivity contribution in [2.45, 2.75) is 39.0 Å². The van der Waals surface area contributed by atoms with E-state index in [9.17, 15) is 13.2 Å². The Balaban J connectivity index is 1.74. The highest BCUT2D eigenvalue weighted by atomic mass is 32.2. The first-order valence-corrected chi connectivity index (χ1v) is 13.1. The minimum absolute atomic E-state index is 0.0101. The maximum Gasteiger partial charge on any atom is 0.258 e. The van der Waals surface area contributed by atoms with Crippen molar-refractivity contribution >= 4 is 26.6 Å². The Morgan fingerprint density at radius 1 is 1.21 bits per heavy atom. The van der Waals surface area contributed by atoms with Gasteiger partial charge in [-0.05, 0) is 60.1 Å². The Morgan fingerprint density at radius 2 is 1.97 bits per heavy atom. The van der Waals surface area contributed by atoms with Crippen molar-refractivity contribution in [3.05, 3.63) is 52.4 Å². The predicted molar refractivity (Wildman–Crippen MR) is 136 cm³/mol. The fourth-order valence-electron chi connectivity index (χ4n) is 4.47. The molecule has 0 bridgehead atoms. The summed E-state index contributed by atoms with van der Waals surface area (Å²) in [6.45, 7) is 8.04. The van der Waals surface area contributed by atoms with Gasteiger partial charge in [0, 0.05) is 29.6 Å². The molecule has 1 aliphatic heterocycles. The lowest BCUT2D eigenvalue weighted by molar-refractivity contribution is 0.397. The van der Waals surface area contributed by atoms with Crippen molar-refractivity contribution < 1.29 is 13.2 Å². The predicted octanol–water partition coefficient (Wildman–Crippen LogP) is 3.40. The van der Waals surface area contributed by atoms with E-state index in [-0.39, 0.29) is 22.6 Å². The number of hydrogen-bond acceptors (Lipinski definition) is 6. The van der Waals surface area contributed by atoms with Crippen molar-refractivity contribution in [1.29, 1.82) is 0 Å². The van der Waals surface area contributed by atoms with Crippen molar-refractivity contribution in [2.24, 2.45) is 11.1 Å². The van der Waals surface area contributed by atoms with Gasteiger partial charge in [0.25, 0.3) is 5.56 Å². The van der Waals surface area contributed by atoms with Gasteiger partial charge in [0.05, 0.1) is 30.3 Å². The lowest BCUT2D eigenvalue weighted by atomic mass is 9.84. The molecule has 0 radical (unpaired) electrons. The number of rotatable bonds is 6. The second-order valence-electron chi connectivity index (χ2n) is 10.1. The molecule has 0 unspecified atom stereocenters. The molecule has 34 heavy (non-hydrogen) atoms. The average molecular weight is 485 g/mol. The summed E-state index contributed by atoms with van der Waals surface area (Å²) in [5.41, 5.74) is 3.84. The number of hydrogen-bond donors (Lipinski definition) is 2. The summed E-state index contributed by atoms with van der Waals surface area (Å²) in [6, 6.07) is 9.81. The Hall–Kier alpha value is -2.91. The molecule has 1 aromatic carbocycles. The molecule has 1 fully saturated rings. The number of methoxy groups -OCH3 is 1. The third-order valence-electron chi connectivity index (χ3n) is 6.49. The van der Waals surface area contributed by atoms with Crippen LogP contribution in [0, 0.1) is 5.92 Å². The zero-order chi connectivity index (χ0) is 24.7. The third-order valence-corrected chi connectivity index (χ3v) is 7.29. The molecule has 1 aliphatic rings. The molecule has 182 valence electrons. The molecule has 9 heteroatoms. The van der Waals surface area contributed by atoms with Crippen molar-refractivity contribution in [2.75, 3.05) is 30.9 Å². The summed E-state index contributed by atoms with van der Waals surface area (Å²) in [5.74, 6) is 0.700. The van der Waals surface area contributed by atoms with Crippen LogP contribution >= 0.6 is 0 Å². The normalized spacial score (nSPS) is 16.9. The van der Waals surface area contributed by atoms with Crippen LogP contribution in [0.3, 0.4) is 0 Å². The first-order valence-electron chi connectivity index (χ1n) is 11.4. The average Bonchev–Trinajstić information content (AvgIpc) is 3.24. The van der Waals surface area contributed by atoms with Crippen LogP contribution < -0.4 is 20.3 Å². The molecule has 3 aromatic rings. The molecule has 0 aliphatic carbocycles. The zero-order valence-electron chi connectivity index (χ0n) is 20.1. The maximum atomic E-state index is 12.8. The zero-order valence-corrected chi connectivity index (χ0v) is 20.9. The van der Waals surface area contributed by atoms with E-state index in [1.165, 1.54) is 7.11 Å². The SMILES string of the molecule is COc1ccc(-c2cc(C(C)(C)C)cc3cc(N4CC[C@@H](CCS(N)(=O)=O)C4)cnc23)c(=O)[nH]1. The fraction of sp³-hybridized carbons (Fsp3) is 0.440. The lowest BCUT2D eigenvalue weighted by Gasteiger charge is -2.23. The molecule has 1 atom stereocenters. The smallest absolute Gasteiger partial charge is 0.258 e. The van der Waals surface area contributed by atoms with Gasteiger partial charge in [-0.15, -0.1) is 0 Å². The van der Waals surface area contributed by atoms with Gasteiger partial charge in [-0.3, -0.25) is 14.8 Å². The number of benzene rings is 1. The van der Waals surface area contributed by atoms with Crippen LogP contribution in [0.25, 0.3) is 22.0 Å². The summed E-state index contributed by atoms with van der Waals surface area (Å²) < 4.78 is 27.8. The van der Waals surface area contributed by atoms with E-state index in [0.29, 0.717) is 17.9 Å². The first kappa shape index (κ1) is 24.2. The molecule has 1 saturated heterocycles. The first-order chi connectivity index (χ1) is 15.9. The summed E-state index contributed by atoms with van der Waals surface area (Å²) in [5, 5.41) is 6.14. The highest BCUT2D eigenvalue weighted by molar-refractivity contribution is 7.89. The molecule has 0 amide bonds. The van der Waals surface area contributed by atoms with Gasteiger partial charge in [0.15, 0.2) is 5.88 Å². The van der Waals surface area contributed by atoms with Gasteiger partial charge in [-0.25, -0.2) is 13.6 Å². The number of fused-ring (bicyclic) bond motifs is 1. The van der Waals surface area contributed by atoms with Crippen LogP contribution in [0.1, 0.15) is 39.2 Å². The van der Waals surface area contributed by atoms with E-state index >= 15 is 0 Å². The Morgan fingerprint density at radius 3 is 2.62 bits per heavy atom. The second-order valence-corrected chi connectivity index (χ2v) is 11.8. The van der Waals surface area contributed by atoms with Crippen molar-refractivity contribution in [3.8, 4) is 17.0 Å². The Labute approximate surface area is 200 Å². The van der Waals surface area contributed by atoms with Crippen LogP contribution in [0.5, 0.6) is 5.88 Å². The fourth-order valence-corrected chi connectivity index (χ4v) is 5.13. The van der Waals surface area contributed by atoms with Crippen LogP contribution in [0.2, 0.25) is 0 Å². The number of nitrogens with zero attached hydrogens (tertiary/aromatic N) is 2. The van der Waals surface area contributed by atoms with Gasteiger partial charge in [0.1, 0.15) is 0 Å². The number of aromatic nitrogens is 2. The van der Waals surface area contributed by atoms with E-state index in [4.69, 9.17) is 14.9 Å². The number of nitrogens with one attached hydrogen (secondary N) is 1. The van der Waals surface area contributed by atoms with Gasteiger partial charge in [-0.1, -0.05) is 20.8 Å². The number of pyridine rings is 2. The monoisotopic (exact) mass is 484 g/mol. The molecule has 3 N–H and O–H groups in total. The van der Waals surface area contributed by atoms with Crippen LogP contribution in [-0.2, 0) is 15.4 Å². The summed E-state index contributed by atoms with van der Waals surface area (Å²) in [6.07, 6.45) is 3.32. The molecular formula is C25H32N4O4S. The molecule has 3 heterocycles. The van der Waals surface area contributed by atoms with Crippen LogP contribution in [-0.4, -0.2) is 44.3 Å². The van der Waals surface area contributed by atoms with E-state index in [0.717, 1.165) is 47.2 Å². The van der Waals surface area contributed by atoms with Gasteiger partial charge >= 0.3 is 0 Å². The Bertz CT molecular complexity index is 1380. The van der Waals surface area contributed by atoms with Gasteiger partial charge < -0.3 is 9.64 Å². The largest absolute Gasteiger partial charge is 0.482 e. The molecule has 4 rings (SSSR count). The summed E-state index contributed by atoms with van der Waals surface area (Å²) in [4.78, 5) is 22.6. The van der Waals surface area contributed by atoms with Crippen molar-refractivity contribution in [3.63, 3.8) is 0 Å². The second kappa shape index (κ2) is 9.03. The molecule has 8 nitrogen and oxygen atoms in total. The van der Waals surface area contributed by atoms with Crippen molar-refractivity contribution in [1.82, 2.24) is 9.97 Å². The number of H-pyrrole nitrogens is 1. The number of sulfonamides is 1. The molecule has 0 saturated carbocycles. The number of anilines is 1. The number of ether oxygens (including phenoxy) is 1. The van der Waals surface area contributed by atoms with E-state index in [1.54, 1.807) is 12.1 Å². The number of aromatic amines is 1. The van der Waals surface area contributed by atoms with Crippen LogP contribution in [0.15, 0.2) is 41.3 Å². The topological polar surface area (TPSA) is 118 Å². The maximum absolute atomic E-state index is 12.8. The highest BCUT2D eigenvalue weighted by Crippen LogP contribution is 2.35. The molecule has 0 spiro atoms. The van der Waals surface area contributed by atoms with E-state index in [2.05, 4.69) is 42.8 Å². The van der Waals surface area contributed by atoms with Gasteiger partial charge in [-0.2, -0.15) is 0 Å². The lowest BCUT2D eigenvalue weighted by Crippen LogP contribution is -2.22. The minimum Gasteiger partial charge on any atom is -0.482 e. The van der Waals surface area contributed by atoms with E-state index in [1.807, 2.05) is 12.3 Å². The number of nitrogens with two attached hydrogens (primary N) is 1. The standard InChI is InChI=1S/C25H32N4O4S/c1-25(2,3)18-11-17-12-19(29-9-7-16(15-29)8-10-34(26,31)32)14-27-23(17)21(13-18)20-5-6-22(33-4)28-24(20)30/h5-6,11-14,16H,7-10,15H2,1-4H3,(H,28,30)(H2,26,31,32)/t16-/m0/s1. The minimum atomic E-state index is -3.45.